The van der Waals surface area contributed by atoms with Gasteiger partial charge in [-0.15, -0.1) is 0 Å². The molecule has 1 aliphatic heterocycles. The second-order valence-corrected chi connectivity index (χ2v) is 5.20. The number of benzene rings is 1. The average molecular weight is 252 g/mol. The van der Waals surface area contributed by atoms with E-state index in [2.05, 4.69) is 0 Å². The number of carbonyl (C=O) groups is 1. The Balaban J connectivity index is 2.42. The SMILES string of the molecule is COC(=O)C(C)(C)C1(c2ccc(F)cc2)COC1. The highest BCUT2D eigenvalue weighted by Crippen LogP contribution is 2.48. The molecule has 1 aromatic carbocycles. The molecular weight excluding hydrogens is 235 g/mol. The topological polar surface area (TPSA) is 35.5 Å². The summed E-state index contributed by atoms with van der Waals surface area (Å²) in [7, 11) is 1.38. The molecule has 0 atom stereocenters. The fraction of sp³-hybridized carbons (Fsp3) is 0.500. The Kier molecular flexibility index (Phi) is 3.15. The molecule has 4 heteroatoms. The summed E-state index contributed by atoms with van der Waals surface area (Å²) in [6.45, 7) is 4.57. The minimum absolute atomic E-state index is 0.282. The van der Waals surface area contributed by atoms with Gasteiger partial charge in [0.05, 0.1) is 31.2 Å². The number of esters is 1. The molecule has 2 rings (SSSR count). The summed E-state index contributed by atoms with van der Waals surface area (Å²) in [5.74, 6) is -0.569. The number of rotatable bonds is 3. The summed E-state index contributed by atoms with van der Waals surface area (Å²) in [4.78, 5) is 12.0. The van der Waals surface area contributed by atoms with Crippen LogP contribution in [0.3, 0.4) is 0 Å². The largest absolute Gasteiger partial charge is 0.469 e. The molecule has 0 radical (unpaired) electrons. The molecule has 98 valence electrons. The first kappa shape index (κ1) is 13.0. The zero-order chi connectivity index (χ0) is 13.4. The highest BCUT2D eigenvalue weighted by atomic mass is 19.1. The molecule has 0 aliphatic carbocycles. The molecule has 1 aliphatic rings. The minimum atomic E-state index is -0.710. The summed E-state index contributed by atoms with van der Waals surface area (Å²) in [5.41, 5.74) is -0.239. The van der Waals surface area contributed by atoms with Crippen molar-refractivity contribution in [3.05, 3.63) is 35.6 Å². The van der Waals surface area contributed by atoms with Gasteiger partial charge in [0.1, 0.15) is 5.82 Å². The van der Waals surface area contributed by atoms with Gasteiger partial charge in [-0.05, 0) is 31.5 Å². The Morgan fingerprint density at radius 2 is 1.89 bits per heavy atom. The lowest BCUT2D eigenvalue weighted by atomic mass is 9.60. The molecule has 0 N–H and O–H groups in total. The first-order valence-corrected chi connectivity index (χ1v) is 5.86. The lowest BCUT2D eigenvalue weighted by Gasteiger charge is -2.51. The molecule has 1 heterocycles. The molecule has 0 unspecified atom stereocenters. The van der Waals surface area contributed by atoms with Gasteiger partial charge in [0.2, 0.25) is 0 Å². The normalized spacial score (nSPS) is 18.0. The van der Waals surface area contributed by atoms with Gasteiger partial charge in [0.25, 0.3) is 0 Å². The molecule has 0 spiro atoms. The van der Waals surface area contributed by atoms with Crippen molar-refractivity contribution < 1.29 is 18.7 Å². The molecule has 0 bridgehead atoms. The van der Waals surface area contributed by atoms with Crippen LogP contribution in [-0.2, 0) is 19.7 Å². The summed E-state index contributed by atoms with van der Waals surface area (Å²) in [6.07, 6.45) is 0. The molecule has 18 heavy (non-hydrogen) atoms. The van der Waals surface area contributed by atoms with Crippen LogP contribution in [0.2, 0.25) is 0 Å². The van der Waals surface area contributed by atoms with Gasteiger partial charge in [0, 0.05) is 0 Å². The summed E-state index contributed by atoms with van der Waals surface area (Å²) < 4.78 is 23.2. The second-order valence-electron chi connectivity index (χ2n) is 5.20. The van der Waals surface area contributed by atoms with Gasteiger partial charge >= 0.3 is 5.97 Å². The monoisotopic (exact) mass is 252 g/mol. The van der Waals surface area contributed by atoms with Crippen LogP contribution in [0.1, 0.15) is 19.4 Å². The molecule has 0 saturated carbocycles. The van der Waals surface area contributed by atoms with Crippen molar-refractivity contribution >= 4 is 5.97 Å². The van der Waals surface area contributed by atoms with Crippen molar-refractivity contribution in [1.82, 2.24) is 0 Å². The maximum Gasteiger partial charge on any atom is 0.312 e. The van der Waals surface area contributed by atoms with Gasteiger partial charge in [-0.2, -0.15) is 0 Å². The number of ether oxygens (including phenoxy) is 2. The van der Waals surface area contributed by atoms with E-state index in [1.165, 1.54) is 19.2 Å². The van der Waals surface area contributed by atoms with Gasteiger partial charge in [-0.3, -0.25) is 4.79 Å². The van der Waals surface area contributed by atoms with Crippen LogP contribution in [0.5, 0.6) is 0 Å². The van der Waals surface area contributed by atoms with Crippen molar-refractivity contribution in [3.8, 4) is 0 Å². The van der Waals surface area contributed by atoms with E-state index in [9.17, 15) is 9.18 Å². The molecule has 3 nitrogen and oxygen atoms in total. The predicted octanol–water partition coefficient (Wildman–Crippen LogP) is 2.29. The van der Waals surface area contributed by atoms with E-state index >= 15 is 0 Å². The Hall–Kier alpha value is -1.42. The quantitative estimate of drug-likeness (QED) is 0.774. The maximum atomic E-state index is 13.0. The Morgan fingerprint density at radius 1 is 1.33 bits per heavy atom. The summed E-state index contributed by atoms with van der Waals surface area (Å²) in [5, 5.41) is 0. The van der Waals surface area contributed by atoms with Gasteiger partial charge in [-0.25, -0.2) is 4.39 Å². The van der Waals surface area contributed by atoms with Crippen LogP contribution < -0.4 is 0 Å². The molecule has 1 aromatic rings. The smallest absolute Gasteiger partial charge is 0.312 e. The Labute approximate surface area is 106 Å². The Morgan fingerprint density at radius 3 is 2.28 bits per heavy atom. The number of hydrogen-bond donors (Lipinski definition) is 0. The molecular formula is C14H17FO3. The van der Waals surface area contributed by atoms with Crippen molar-refractivity contribution in [2.24, 2.45) is 5.41 Å². The third kappa shape index (κ3) is 1.72. The van der Waals surface area contributed by atoms with E-state index in [0.29, 0.717) is 13.2 Å². The van der Waals surface area contributed by atoms with Crippen LogP contribution in [0, 0.1) is 11.2 Å². The van der Waals surface area contributed by atoms with Gasteiger partial charge in [-0.1, -0.05) is 12.1 Å². The van der Waals surface area contributed by atoms with E-state index in [-0.39, 0.29) is 11.8 Å². The molecule has 1 saturated heterocycles. The van der Waals surface area contributed by atoms with Crippen LogP contribution in [0.25, 0.3) is 0 Å². The lowest BCUT2D eigenvalue weighted by molar-refractivity contribution is -0.174. The van der Waals surface area contributed by atoms with Crippen molar-refractivity contribution in [3.63, 3.8) is 0 Å². The minimum Gasteiger partial charge on any atom is -0.469 e. The third-order valence-corrected chi connectivity index (χ3v) is 3.99. The van der Waals surface area contributed by atoms with Crippen molar-refractivity contribution in [2.75, 3.05) is 20.3 Å². The Bertz CT molecular complexity index is 447. The van der Waals surface area contributed by atoms with Gasteiger partial charge < -0.3 is 9.47 Å². The second kappa shape index (κ2) is 4.35. The summed E-state index contributed by atoms with van der Waals surface area (Å²) >= 11 is 0. The molecule has 1 fully saturated rings. The standard InChI is InChI=1S/C14H17FO3/c1-13(2,12(16)17-3)14(8-18-9-14)10-4-6-11(15)7-5-10/h4-7H,8-9H2,1-3H3. The fourth-order valence-electron chi connectivity index (χ4n) is 2.41. The zero-order valence-corrected chi connectivity index (χ0v) is 10.8. The molecule has 0 amide bonds. The van der Waals surface area contributed by atoms with Gasteiger partial charge in [0.15, 0.2) is 0 Å². The first-order valence-electron chi connectivity index (χ1n) is 5.86. The first-order chi connectivity index (χ1) is 8.44. The predicted molar refractivity (Wildman–Crippen MR) is 64.7 cm³/mol. The van der Waals surface area contributed by atoms with E-state index in [4.69, 9.17) is 9.47 Å². The third-order valence-electron chi connectivity index (χ3n) is 3.99. The average Bonchev–Trinajstić information content (AvgIpc) is 2.28. The molecule has 0 aromatic heterocycles. The van der Waals surface area contributed by atoms with Crippen LogP contribution >= 0.6 is 0 Å². The van der Waals surface area contributed by atoms with E-state index in [0.717, 1.165) is 5.56 Å². The number of hydrogen-bond acceptors (Lipinski definition) is 3. The lowest BCUT2D eigenvalue weighted by Crippen LogP contribution is -2.60. The van der Waals surface area contributed by atoms with Crippen LogP contribution in [-0.4, -0.2) is 26.3 Å². The number of carbonyl (C=O) groups excluding carboxylic acids is 1. The highest BCUT2D eigenvalue weighted by Gasteiger charge is 2.56. The summed E-state index contributed by atoms with van der Waals surface area (Å²) in [6, 6.07) is 6.23. The fourth-order valence-corrected chi connectivity index (χ4v) is 2.41. The van der Waals surface area contributed by atoms with E-state index in [1.54, 1.807) is 12.1 Å². The highest BCUT2D eigenvalue weighted by molar-refractivity contribution is 5.78. The van der Waals surface area contributed by atoms with Crippen molar-refractivity contribution in [1.29, 1.82) is 0 Å². The number of halogens is 1. The number of methoxy groups -OCH3 is 1. The van der Waals surface area contributed by atoms with Crippen LogP contribution in [0.15, 0.2) is 24.3 Å². The van der Waals surface area contributed by atoms with Crippen LogP contribution in [0.4, 0.5) is 4.39 Å². The van der Waals surface area contributed by atoms with E-state index < -0.39 is 10.8 Å². The van der Waals surface area contributed by atoms with E-state index in [1.807, 2.05) is 13.8 Å². The maximum absolute atomic E-state index is 13.0. The van der Waals surface area contributed by atoms with Crippen molar-refractivity contribution in [2.45, 2.75) is 19.3 Å². The zero-order valence-electron chi connectivity index (χ0n) is 10.8.